The van der Waals surface area contributed by atoms with Gasteiger partial charge in [0.1, 0.15) is 19.7 Å². The topological polar surface area (TPSA) is 139 Å². The van der Waals surface area contributed by atoms with E-state index in [0.717, 1.165) is 5.56 Å². The first kappa shape index (κ1) is 17.1. The maximum atomic E-state index is 12.0. The summed E-state index contributed by atoms with van der Waals surface area (Å²) < 4.78 is 6.34. The van der Waals surface area contributed by atoms with Crippen molar-refractivity contribution in [3.05, 3.63) is 52.6 Å². The van der Waals surface area contributed by atoms with Gasteiger partial charge in [-0.25, -0.2) is 4.98 Å². The van der Waals surface area contributed by atoms with E-state index in [4.69, 9.17) is 9.84 Å². The molecule has 0 aliphatic carbocycles. The Bertz CT molecular complexity index is 995. The quantitative estimate of drug-likeness (QED) is 0.515. The molecule has 3 rings (SSSR count). The molecule has 26 heavy (non-hydrogen) atoms. The maximum Gasteiger partial charge on any atom is 0.325 e. The Morgan fingerprint density at radius 3 is 2.77 bits per heavy atom. The number of carbonyl (C=O) groups excluding carboxylic acids is 1. The van der Waals surface area contributed by atoms with Crippen LogP contribution in [-0.2, 0) is 27.5 Å². The lowest BCUT2D eigenvalue weighted by Gasteiger charge is -2.07. The lowest BCUT2D eigenvalue weighted by atomic mass is 10.2. The van der Waals surface area contributed by atoms with Crippen molar-refractivity contribution in [2.24, 2.45) is 0 Å². The molecule has 0 radical (unpaired) electrons. The predicted octanol–water partition coefficient (Wildman–Crippen LogP) is 0.360. The van der Waals surface area contributed by atoms with Crippen molar-refractivity contribution in [3.8, 4) is 0 Å². The van der Waals surface area contributed by atoms with Crippen molar-refractivity contribution in [1.29, 1.82) is 0 Å². The summed E-state index contributed by atoms with van der Waals surface area (Å²) in [4.78, 5) is 45.0. The van der Waals surface area contributed by atoms with Gasteiger partial charge in [-0.15, -0.1) is 0 Å². The van der Waals surface area contributed by atoms with Gasteiger partial charge in [-0.3, -0.25) is 19.4 Å². The maximum absolute atomic E-state index is 12.0. The van der Waals surface area contributed by atoms with E-state index < -0.39 is 17.5 Å². The number of aromatic amines is 1. The fraction of sp³-hybridized carbons (Fsp3) is 0.188. The number of anilines is 1. The standard InChI is InChI=1S/C16H15N5O5/c22-11(23)7-21-9-18-13-14(21)19-16(20-15(13)25)17-6-12(24)26-8-10-4-2-1-3-5-10/h1-5,9H,6-8H2,(H,22,23)(H2,17,19,20,25). The summed E-state index contributed by atoms with van der Waals surface area (Å²) in [6.45, 7) is -0.463. The number of imidazole rings is 1. The Labute approximate surface area is 146 Å². The zero-order chi connectivity index (χ0) is 18.5. The molecule has 0 saturated carbocycles. The number of aliphatic carboxylic acids is 1. The molecule has 0 saturated heterocycles. The van der Waals surface area contributed by atoms with Gasteiger partial charge in [0.05, 0.1) is 6.33 Å². The molecule has 0 aliphatic heterocycles. The SMILES string of the molecule is O=C(O)Cn1cnc2c(=O)[nH]c(NCC(=O)OCc3ccccc3)nc21. The van der Waals surface area contributed by atoms with Crippen LogP contribution >= 0.6 is 0 Å². The molecule has 0 spiro atoms. The second-order valence-corrected chi connectivity index (χ2v) is 5.35. The molecule has 3 N–H and O–H groups in total. The van der Waals surface area contributed by atoms with Crippen molar-refractivity contribution in [3.63, 3.8) is 0 Å². The number of H-pyrrole nitrogens is 1. The number of rotatable bonds is 7. The molecule has 0 bridgehead atoms. The van der Waals surface area contributed by atoms with Crippen LogP contribution in [0.3, 0.4) is 0 Å². The molecule has 3 aromatic rings. The lowest BCUT2D eigenvalue weighted by molar-refractivity contribution is -0.142. The number of hydrogen-bond acceptors (Lipinski definition) is 7. The highest BCUT2D eigenvalue weighted by Crippen LogP contribution is 2.08. The number of carboxylic acid groups (broad SMARTS) is 1. The smallest absolute Gasteiger partial charge is 0.325 e. The molecule has 2 heterocycles. The Morgan fingerprint density at radius 1 is 1.27 bits per heavy atom. The molecular formula is C16H15N5O5. The van der Waals surface area contributed by atoms with Crippen LogP contribution < -0.4 is 10.9 Å². The molecule has 0 fully saturated rings. The zero-order valence-corrected chi connectivity index (χ0v) is 13.5. The minimum Gasteiger partial charge on any atom is -0.480 e. The summed E-state index contributed by atoms with van der Waals surface area (Å²) in [5.74, 6) is -1.60. The number of hydrogen-bond donors (Lipinski definition) is 3. The first-order valence-electron chi connectivity index (χ1n) is 7.63. The molecular weight excluding hydrogens is 342 g/mol. The molecule has 1 aromatic carbocycles. The minimum atomic E-state index is -1.09. The van der Waals surface area contributed by atoms with Crippen molar-refractivity contribution in [2.45, 2.75) is 13.2 Å². The Balaban J connectivity index is 1.65. The number of nitrogens with one attached hydrogen (secondary N) is 2. The summed E-state index contributed by atoms with van der Waals surface area (Å²) in [5.41, 5.74) is 0.436. The summed E-state index contributed by atoms with van der Waals surface area (Å²) in [6.07, 6.45) is 1.22. The van der Waals surface area contributed by atoms with Gasteiger partial charge in [0.25, 0.3) is 5.56 Å². The molecule has 134 valence electrons. The minimum absolute atomic E-state index is 0.0171. The van der Waals surface area contributed by atoms with Crippen LogP contribution in [0.15, 0.2) is 41.5 Å². The van der Waals surface area contributed by atoms with Gasteiger partial charge in [-0.1, -0.05) is 30.3 Å². The third-order valence-corrected chi connectivity index (χ3v) is 3.42. The van der Waals surface area contributed by atoms with Crippen molar-refractivity contribution >= 4 is 29.1 Å². The molecule has 0 atom stereocenters. The van der Waals surface area contributed by atoms with Crippen LogP contribution in [0, 0.1) is 0 Å². The van der Waals surface area contributed by atoms with E-state index in [1.807, 2.05) is 30.3 Å². The number of nitrogens with zero attached hydrogens (tertiary/aromatic N) is 3. The van der Waals surface area contributed by atoms with E-state index in [9.17, 15) is 14.4 Å². The number of esters is 1. The monoisotopic (exact) mass is 357 g/mol. The fourth-order valence-electron chi connectivity index (χ4n) is 2.24. The van der Waals surface area contributed by atoms with Crippen LogP contribution in [0.1, 0.15) is 5.56 Å². The van der Waals surface area contributed by atoms with Crippen molar-refractivity contribution in [2.75, 3.05) is 11.9 Å². The zero-order valence-electron chi connectivity index (χ0n) is 13.5. The van der Waals surface area contributed by atoms with Gasteiger partial charge in [-0.05, 0) is 5.56 Å². The third kappa shape index (κ3) is 4.04. The van der Waals surface area contributed by atoms with Gasteiger partial charge in [-0.2, -0.15) is 4.98 Å². The molecule has 10 nitrogen and oxygen atoms in total. The van der Waals surface area contributed by atoms with Crippen LogP contribution in [-0.4, -0.2) is 43.1 Å². The molecule has 0 unspecified atom stereocenters. The van der Waals surface area contributed by atoms with E-state index in [1.165, 1.54) is 10.9 Å². The van der Waals surface area contributed by atoms with Crippen molar-refractivity contribution < 1.29 is 19.4 Å². The highest BCUT2D eigenvalue weighted by atomic mass is 16.5. The van der Waals surface area contributed by atoms with Gasteiger partial charge in [0, 0.05) is 0 Å². The van der Waals surface area contributed by atoms with Gasteiger partial charge in [0.15, 0.2) is 11.2 Å². The first-order chi connectivity index (χ1) is 12.5. The van der Waals surface area contributed by atoms with E-state index in [0.29, 0.717) is 0 Å². The largest absolute Gasteiger partial charge is 0.480 e. The Kier molecular flexibility index (Phi) is 4.92. The molecule has 0 aliphatic rings. The normalized spacial score (nSPS) is 10.6. The van der Waals surface area contributed by atoms with Gasteiger partial charge >= 0.3 is 11.9 Å². The number of aromatic nitrogens is 4. The van der Waals surface area contributed by atoms with E-state index in [2.05, 4.69) is 20.3 Å². The second-order valence-electron chi connectivity index (χ2n) is 5.35. The summed E-state index contributed by atoms with van der Waals surface area (Å²) in [7, 11) is 0. The molecule has 0 amide bonds. The highest BCUT2D eigenvalue weighted by Gasteiger charge is 2.13. The van der Waals surface area contributed by atoms with E-state index in [1.54, 1.807) is 0 Å². The number of ether oxygens (including phenoxy) is 1. The van der Waals surface area contributed by atoms with E-state index >= 15 is 0 Å². The number of carbonyl (C=O) groups is 2. The average Bonchev–Trinajstić information content (AvgIpc) is 3.02. The molecule has 2 aromatic heterocycles. The van der Waals surface area contributed by atoms with E-state index in [-0.39, 0.29) is 36.8 Å². The predicted molar refractivity (Wildman–Crippen MR) is 90.5 cm³/mol. The first-order valence-corrected chi connectivity index (χ1v) is 7.63. The number of benzene rings is 1. The number of carboxylic acids is 1. The lowest BCUT2D eigenvalue weighted by Crippen LogP contribution is -2.21. The van der Waals surface area contributed by atoms with Crippen LogP contribution in [0.4, 0.5) is 5.95 Å². The summed E-state index contributed by atoms with van der Waals surface area (Å²) >= 11 is 0. The fourth-order valence-corrected chi connectivity index (χ4v) is 2.24. The Hall–Kier alpha value is -3.69. The number of fused-ring (bicyclic) bond motifs is 1. The third-order valence-electron chi connectivity index (χ3n) is 3.42. The summed E-state index contributed by atoms with van der Waals surface area (Å²) in [5, 5.41) is 11.5. The van der Waals surface area contributed by atoms with Gasteiger partial charge in [0.2, 0.25) is 5.95 Å². The van der Waals surface area contributed by atoms with Crippen LogP contribution in [0.25, 0.3) is 11.2 Å². The van der Waals surface area contributed by atoms with Crippen LogP contribution in [0.2, 0.25) is 0 Å². The van der Waals surface area contributed by atoms with Crippen LogP contribution in [0.5, 0.6) is 0 Å². The van der Waals surface area contributed by atoms with Gasteiger partial charge < -0.3 is 19.7 Å². The second kappa shape index (κ2) is 7.47. The highest BCUT2D eigenvalue weighted by molar-refractivity contribution is 5.76. The Morgan fingerprint density at radius 2 is 2.04 bits per heavy atom. The average molecular weight is 357 g/mol. The summed E-state index contributed by atoms with van der Waals surface area (Å²) in [6, 6.07) is 9.20. The molecule has 10 heteroatoms. The van der Waals surface area contributed by atoms with Crippen molar-refractivity contribution in [1.82, 2.24) is 19.5 Å².